The number of hydrogen-bond acceptors (Lipinski definition) is 6. The fraction of sp³-hybridized carbons (Fsp3) is 0.600. The highest BCUT2D eigenvalue weighted by Gasteiger charge is 2.26. The van der Waals surface area contributed by atoms with Crippen molar-refractivity contribution in [2.24, 2.45) is 0 Å². The SMILES string of the molecule is CCCN(c1cncc2nnnn12)C1CNC1. The van der Waals surface area contributed by atoms with Crippen LogP contribution in [0, 0.1) is 0 Å². The second kappa shape index (κ2) is 4.25. The van der Waals surface area contributed by atoms with Crippen LogP contribution in [-0.2, 0) is 0 Å². The maximum absolute atomic E-state index is 4.20. The van der Waals surface area contributed by atoms with Crippen molar-refractivity contribution < 1.29 is 0 Å². The van der Waals surface area contributed by atoms with Gasteiger partial charge in [-0.25, -0.2) is 0 Å². The van der Waals surface area contributed by atoms with E-state index in [4.69, 9.17) is 0 Å². The minimum absolute atomic E-state index is 0.520. The summed E-state index contributed by atoms with van der Waals surface area (Å²) < 4.78 is 1.75. The standard InChI is InChI=1S/C10H15N7/c1-2-3-16(8-4-11-5-8)10-7-12-6-9-13-14-15-17(9)10/h6-8,11H,2-5H2,1H3. The molecule has 7 nitrogen and oxygen atoms in total. The molecule has 0 spiro atoms. The summed E-state index contributed by atoms with van der Waals surface area (Å²) in [6, 6.07) is 0.520. The van der Waals surface area contributed by atoms with Crippen molar-refractivity contribution in [2.75, 3.05) is 24.5 Å². The third kappa shape index (κ3) is 1.72. The fourth-order valence-corrected chi connectivity index (χ4v) is 2.08. The predicted octanol–water partition coefficient (Wildman–Crippen LogP) is -0.293. The molecule has 0 aliphatic carbocycles. The lowest BCUT2D eigenvalue weighted by molar-refractivity contribution is 0.408. The molecule has 3 heterocycles. The molecule has 0 atom stereocenters. The molecule has 90 valence electrons. The molecule has 0 aromatic carbocycles. The third-order valence-corrected chi connectivity index (χ3v) is 3.05. The molecule has 2 aromatic heterocycles. The lowest BCUT2D eigenvalue weighted by atomic mass is 10.1. The van der Waals surface area contributed by atoms with E-state index >= 15 is 0 Å². The van der Waals surface area contributed by atoms with Crippen LogP contribution in [0.4, 0.5) is 5.82 Å². The Hall–Kier alpha value is -1.76. The Kier molecular flexibility index (Phi) is 2.60. The average Bonchev–Trinajstić information content (AvgIpc) is 2.73. The van der Waals surface area contributed by atoms with Gasteiger partial charge in [0.25, 0.3) is 0 Å². The van der Waals surface area contributed by atoms with E-state index in [0.29, 0.717) is 11.7 Å². The number of anilines is 1. The van der Waals surface area contributed by atoms with Gasteiger partial charge in [0.1, 0.15) is 0 Å². The Labute approximate surface area is 98.8 Å². The van der Waals surface area contributed by atoms with Crippen LogP contribution in [0.3, 0.4) is 0 Å². The molecular weight excluding hydrogens is 218 g/mol. The first-order valence-corrected chi connectivity index (χ1v) is 5.89. The first-order valence-electron chi connectivity index (χ1n) is 5.89. The third-order valence-electron chi connectivity index (χ3n) is 3.05. The van der Waals surface area contributed by atoms with Crippen LogP contribution in [0.15, 0.2) is 12.4 Å². The van der Waals surface area contributed by atoms with Crippen LogP contribution in [0.1, 0.15) is 13.3 Å². The van der Waals surface area contributed by atoms with E-state index in [0.717, 1.165) is 31.9 Å². The zero-order valence-corrected chi connectivity index (χ0v) is 9.74. The number of rotatable bonds is 4. The fourth-order valence-electron chi connectivity index (χ4n) is 2.08. The maximum Gasteiger partial charge on any atom is 0.199 e. The van der Waals surface area contributed by atoms with E-state index in [2.05, 4.69) is 37.6 Å². The number of fused-ring (bicyclic) bond motifs is 1. The zero-order valence-electron chi connectivity index (χ0n) is 9.74. The highest BCUT2D eigenvalue weighted by atomic mass is 15.5. The molecule has 7 heteroatoms. The minimum Gasteiger partial charge on any atom is -0.350 e. The molecule has 0 saturated carbocycles. The molecule has 1 aliphatic rings. The van der Waals surface area contributed by atoms with Crippen molar-refractivity contribution in [1.82, 2.24) is 30.3 Å². The monoisotopic (exact) mass is 233 g/mol. The molecule has 17 heavy (non-hydrogen) atoms. The molecule has 3 rings (SSSR count). The number of hydrogen-bond donors (Lipinski definition) is 1. The lowest BCUT2D eigenvalue weighted by Crippen LogP contribution is -2.58. The molecular formula is C10H15N7. The van der Waals surface area contributed by atoms with E-state index in [1.165, 1.54) is 0 Å². The number of aromatic nitrogens is 5. The average molecular weight is 233 g/mol. The highest BCUT2D eigenvalue weighted by molar-refractivity contribution is 5.47. The number of tetrazole rings is 1. The zero-order chi connectivity index (χ0) is 11.7. The van der Waals surface area contributed by atoms with Gasteiger partial charge in [-0.3, -0.25) is 4.98 Å². The van der Waals surface area contributed by atoms with Gasteiger partial charge < -0.3 is 10.2 Å². The van der Waals surface area contributed by atoms with E-state index in [1.807, 2.05) is 6.20 Å². The number of nitrogens with one attached hydrogen (secondary N) is 1. The molecule has 0 unspecified atom stereocenters. The Balaban J connectivity index is 2.01. The van der Waals surface area contributed by atoms with Gasteiger partial charge in [0.2, 0.25) is 0 Å². The summed E-state index contributed by atoms with van der Waals surface area (Å²) in [6.45, 7) is 5.19. The second-order valence-electron chi connectivity index (χ2n) is 4.22. The summed E-state index contributed by atoms with van der Waals surface area (Å²) in [5.41, 5.74) is 0.691. The number of nitrogens with zero attached hydrogens (tertiary/aromatic N) is 6. The Bertz CT molecular complexity index is 504. The van der Waals surface area contributed by atoms with Crippen molar-refractivity contribution >= 4 is 11.5 Å². The van der Waals surface area contributed by atoms with Gasteiger partial charge in [0.05, 0.1) is 18.4 Å². The van der Waals surface area contributed by atoms with Crippen LogP contribution in [0.25, 0.3) is 5.65 Å². The molecule has 0 amide bonds. The molecule has 2 aromatic rings. The summed E-state index contributed by atoms with van der Waals surface area (Å²) >= 11 is 0. The van der Waals surface area contributed by atoms with E-state index in [-0.39, 0.29) is 0 Å². The van der Waals surface area contributed by atoms with Gasteiger partial charge in [0, 0.05) is 19.6 Å². The topological polar surface area (TPSA) is 71.2 Å². The van der Waals surface area contributed by atoms with E-state index < -0.39 is 0 Å². The first kappa shape index (κ1) is 10.4. The molecule has 1 aliphatic heterocycles. The van der Waals surface area contributed by atoms with Gasteiger partial charge in [-0.2, -0.15) is 4.52 Å². The van der Waals surface area contributed by atoms with Gasteiger partial charge in [-0.1, -0.05) is 6.92 Å². The van der Waals surface area contributed by atoms with Crippen LogP contribution >= 0.6 is 0 Å². The van der Waals surface area contributed by atoms with E-state index in [9.17, 15) is 0 Å². The van der Waals surface area contributed by atoms with Gasteiger partial charge >= 0.3 is 0 Å². The smallest absolute Gasteiger partial charge is 0.199 e. The molecule has 1 N–H and O–H groups in total. The molecule has 0 bridgehead atoms. The van der Waals surface area contributed by atoms with Gasteiger partial charge in [-0.15, -0.1) is 5.10 Å². The maximum atomic E-state index is 4.20. The van der Waals surface area contributed by atoms with E-state index in [1.54, 1.807) is 10.7 Å². The van der Waals surface area contributed by atoms with Crippen molar-refractivity contribution in [3.63, 3.8) is 0 Å². The quantitative estimate of drug-likeness (QED) is 0.782. The summed E-state index contributed by atoms with van der Waals surface area (Å²) in [5.74, 6) is 0.973. The summed E-state index contributed by atoms with van der Waals surface area (Å²) in [4.78, 5) is 6.53. The molecule has 1 saturated heterocycles. The Morgan fingerprint density at radius 1 is 1.47 bits per heavy atom. The second-order valence-corrected chi connectivity index (χ2v) is 4.22. The van der Waals surface area contributed by atoms with Crippen LogP contribution < -0.4 is 10.2 Å². The lowest BCUT2D eigenvalue weighted by Gasteiger charge is -2.39. The van der Waals surface area contributed by atoms with Gasteiger partial charge in [0.15, 0.2) is 11.5 Å². The van der Waals surface area contributed by atoms with Crippen LogP contribution in [0.2, 0.25) is 0 Å². The first-order chi connectivity index (χ1) is 8.40. The molecule has 1 fully saturated rings. The summed E-state index contributed by atoms with van der Waals surface area (Å²) in [7, 11) is 0. The summed E-state index contributed by atoms with van der Waals surface area (Å²) in [5, 5.41) is 14.9. The predicted molar refractivity (Wildman–Crippen MR) is 62.9 cm³/mol. The summed E-state index contributed by atoms with van der Waals surface area (Å²) in [6.07, 6.45) is 4.60. The van der Waals surface area contributed by atoms with Crippen molar-refractivity contribution in [3.05, 3.63) is 12.4 Å². The highest BCUT2D eigenvalue weighted by Crippen LogP contribution is 2.18. The van der Waals surface area contributed by atoms with Crippen molar-refractivity contribution in [2.45, 2.75) is 19.4 Å². The van der Waals surface area contributed by atoms with Crippen molar-refractivity contribution in [1.29, 1.82) is 0 Å². The van der Waals surface area contributed by atoms with Gasteiger partial charge in [-0.05, 0) is 16.8 Å². The largest absolute Gasteiger partial charge is 0.350 e. The van der Waals surface area contributed by atoms with Crippen molar-refractivity contribution in [3.8, 4) is 0 Å². The Morgan fingerprint density at radius 3 is 3.06 bits per heavy atom. The normalized spacial score (nSPS) is 16.1. The minimum atomic E-state index is 0.520. The van der Waals surface area contributed by atoms with Crippen LogP contribution in [0.5, 0.6) is 0 Å². The Morgan fingerprint density at radius 2 is 2.35 bits per heavy atom. The molecule has 0 radical (unpaired) electrons. The van der Waals surface area contributed by atoms with Crippen LogP contribution in [-0.4, -0.2) is 50.7 Å².